The molecule has 0 bridgehead atoms. The van der Waals surface area contributed by atoms with E-state index in [1.165, 1.54) is 16.7 Å². The Labute approximate surface area is 149 Å². The number of hydrogen-bond acceptors (Lipinski definition) is 3. The van der Waals surface area contributed by atoms with Crippen molar-refractivity contribution in [3.05, 3.63) is 59.4 Å². The molecule has 0 amide bonds. The lowest BCUT2D eigenvalue weighted by Gasteiger charge is -2.13. The Bertz CT molecular complexity index is 704. The Morgan fingerprint density at radius 1 is 1.28 bits per heavy atom. The van der Waals surface area contributed by atoms with E-state index in [0.29, 0.717) is 6.54 Å². The van der Waals surface area contributed by atoms with Crippen molar-refractivity contribution >= 4 is 5.96 Å². The molecule has 25 heavy (non-hydrogen) atoms. The predicted molar refractivity (Wildman–Crippen MR) is 101 cm³/mol. The molecule has 1 aromatic heterocycles. The number of pyridine rings is 1. The molecule has 0 radical (unpaired) electrons. The average Bonchev–Trinajstić information content (AvgIpc) is 3.04. The van der Waals surface area contributed by atoms with E-state index in [-0.39, 0.29) is 6.10 Å². The molecule has 0 fully saturated rings. The third-order valence-corrected chi connectivity index (χ3v) is 4.33. The van der Waals surface area contributed by atoms with Gasteiger partial charge < -0.3 is 15.4 Å². The van der Waals surface area contributed by atoms with Crippen LogP contribution in [0.4, 0.5) is 0 Å². The van der Waals surface area contributed by atoms with Crippen LogP contribution in [0.3, 0.4) is 0 Å². The number of fused-ring (bicyclic) bond motifs is 1. The predicted octanol–water partition coefficient (Wildman–Crippen LogP) is 2.49. The van der Waals surface area contributed by atoms with E-state index < -0.39 is 0 Å². The van der Waals surface area contributed by atoms with Gasteiger partial charge in [0.1, 0.15) is 11.9 Å². The lowest BCUT2D eigenvalue weighted by Crippen LogP contribution is -2.39. The second-order valence-electron chi connectivity index (χ2n) is 6.25. The summed E-state index contributed by atoms with van der Waals surface area (Å²) in [5, 5.41) is 6.70. The van der Waals surface area contributed by atoms with Crippen molar-refractivity contribution in [2.45, 2.75) is 32.8 Å². The molecule has 0 aliphatic carbocycles. The van der Waals surface area contributed by atoms with Crippen molar-refractivity contribution < 1.29 is 4.74 Å². The molecule has 1 aromatic carbocycles. The average molecular weight is 338 g/mol. The molecule has 1 unspecified atom stereocenters. The number of nitrogens with zero attached hydrogens (tertiary/aromatic N) is 2. The van der Waals surface area contributed by atoms with Crippen LogP contribution in [0.25, 0.3) is 0 Å². The minimum Gasteiger partial charge on any atom is -0.488 e. The van der Waals surface area contributed by atoms with E-state index >= 15 is 0 Å². The van der Waals surface area contributed by atoms with Crippen molar-refractivity contribution in [2.75, 3.05) is 19.6 Å². The largest absolute Gasteiger partial charge is 0.488 e. The van der Waals surface area contributed by atoms with E-state index in [9.17, 15) is 0 Å². The molecule has 3 rings (SSSR count). The first-order valence-electron chi connectivity index (χ1n) is 8.92. The van der Waals surface area contributed by atoms with Crippen molar-refractivity contribution in [1.29, 1.82) is 0 Å². The van der Waals surface area contributed by atoms with E-state index in [1.807, 2.05) is 24.5 Å². The fourth-order valence-electron chi connectivity index (χ4n) is 2.99. The van der Waals surface area contributed by atoms with Crippen LogP contribution >= 0.6 is 0 Å². The van der Waals surface area contributed by atoms with Crippen LogP contribution in [0, 0.1) is 6.92 Å². The van der Waals surface area contributed by atoms with Crippen LogP contribution in [0.5, 0.6) is 5.75 Å². The zero-order valence-corrected chi connectivity index (χ0v) is 15.0. The normalized spacial score (nSPS) is 16.2. The number of para-hydroxylation sites is 1. The van der Waals surface area contributed by atoms with E-state index in [0.717, 1.165) is 37.6 Å². The first-order chi connectivity index (χ1) is 12.3. The van der Waals surface area contributed by atoms with Crippen LogP contribution < -0.4 is 15.4 Å². The van der Waals surface area contributed by atoms with Crippen molar-refractivity contribution in [1.82, 2.24) is 15.6 Å². The summed E-state index contributed by atoms with van der Waals surface area (Å²) in [6, 6.07) is 10.3. The Balaban J connectivity index is 1.51. The smallest absolute Gasteiger partial charge is 0.191 e. The number of aliphatic imine (C=N–C) groups is 1. The van der Waals surface area contributed by atoms with Crippen LogP contribution in [-0.4, -0.2) is 36.7 Å². The van der Waals surface area contributed by atoms with Crippen molar-refractivity contribution in [3.63, 3.8) is 0 Å². The van der Waals surface area contributed by atoms with Gasteiger partial charge in [-0.05, 0) is 49.1 Å². The molecule has 0 saturated carbocycles. The number of hydrogen-bond donors (Lipinski definition) is 2. The van der Waals surface area contributed by atoms with E-state index in [2.05, 4.69) is 52.7 Å². The summed E-state index contributed by atoms with van der Waals surface area (Å²) in [5.74, 6) is 1.84. The number of ether oxygens (including phenoxy) is 1. The summed E-state index contributed by atoms with van der Waals surface area (Å²) < 4.78 is 5.96. The Morgan fingerprint density at radius 2 is 2.16 bits per heavy atom. The van der Waals surface area contributed by atoms with Crippen LogP contribution in [0.2, 0.25) is 0 Å². The summed E-state index contributed by atoms with van der Waals surface area (Å²) in [7, 11) is 0. The Morgan fingerprint density at radius 3 is 2.96 bits per heavy atom. The fourth-order valence-corrected chi connectivity index (χ4v) is 2.99. The van der Waals surface area contributed by atoms with Gasteiger partial charge in [-0.25, -0.2) is 4.99 Å². The van der Waals surface area contributed by atoms with Crippen LogP contribution in [0.1, 0.15) is 23.6 Å². The van der Waals surface area contributed by atoms with Gasteiger partial charge in [-0.3, -0.25) is 4.98 Å². The first-order valence-corrected chi connectivity index (χ1v) is 8.92. The van der Waals surface area contributed by atoms with Gasteiger partial charge in [-0.15, -0.1) is 0 Å². The van der Waals surface area contributed by atoms with Gasteiger partial charge in [0, 0.05) is 31.9 Å². The summed E-state index contributed by atoms with van der Waals surface area (Å²) >= 11 is 0. The van der Waals surface area contributed by atoms with Gasteiger partial charge in [-0.1, -0.05) is 18.2 Å². The number of aryl methyl sites for hydroxylation is 1. The first kappa shape index (κ1) is 17.3. The third-order valence-electron chi connectivity index (χ3n) is 4.33. The highest BCUT2D eigenvalue weighted by molar-refractivity contribution is 5.79. The minimum atomic E-state index is 0.121. The molecule has 0 spiro atoms. The highest BCUT2D eigenvalue weighted by Gasteiger charge is 2.21. The number of nitrogens with one attached hydrogen (secondary N) is 2. The molecule has 132 valence electrons. The zero-order chi connectivity index (χ0) is 17.5. The molecule has 1 atom stereocenters. The number of rotatable bonds is 6. The Hall–Kier alpha value is -2.56. The quantitative estimate of drug-likeness (QED) is 0.628. The molecular formula is C20H26N4O. The fraction of sp³-hybridized carbons (Fsp3) is 0.400. The highest BCUT2D eigenvalue weighted by Crippen LogP contribution is 2.28. The number of benzene rings is 1. The summed E-state index contributed by atoms with van der Waals surface area (Å²) in [6.07, 6.45) is 5.75. The summed E-state index contributed by atoms with van der Waals surface area (Å²) in [5.41, 5.74) is 3.81. The molecule has 2 aromatic rings. The van der Waals surface area contributed by atoms with Gasteiger partial charge in [0.05, 0.1) is 6.54 Å². The van der Waals surface area contributed by atoms with Crippen LogP contribution in [-0.2, 0) is 12.8 Å². The minimum absolute atomic E-state index is 0.121. The van der Waals surface area contributed by atoms with Gasteiger partial charge in [0.2, 0.25) is 0 Å². The molecule has 0 saturated heterocycles. The Kier molecular flexibility index (Phi) is 5.88. The molecule has 2 heterocycles. The molecule has 2 N–H and O–H groups in total. The second-order valence-corrected chi connectivity index (χ2v) is 6.25. The number of guanidine groups is 1. The van der Waals surface area contributed by atoms with Gasteiger partial charge in [0.25, 0.3) is 0 Å². The van der Waals surface area contributed by atoms with E-state index in [4.69, 9.17) is 4.74 Å². The van der Waals surface area contributed by atoms with Gasteiger partial charge in [0.15, 0.2) is 5.96 Å². The summed E-state index contributed by atoms with van der Waals surface area (Å²) in [6.45, 7) is 6.50. The van der Waals surface area contributed by atoms with Crippen molar-refractivity contribution in [3.8, 4) is 5.75 Å². The standard InChI is InChI=1S/C20H26N4O/c1-3-22-20(23-11-9-16-8-10-21-13-15(16)2)24-14-18-12-17-6-4-5-7-19(17)25-18/h4-8,10,13,18H,3,9,11-12,14H2,1-2H3,(H2,22,23,24). The molecule has 5 heteroatoms. The maximum atomic E-state index is 5.96. The van der Waals surface area contributed by atoms with E-state index in [1.54, 1.807) is 0 Å². The highest BCUT2D eigenvalue weighted by atomic mass is 16.5. The molecule has 5 nitrogen and oxygen atoms in total. The lowest BCUT2D eigenvalue weighted by atomic mass is 10.1. The maximum Gasteiger partial charge on any atom is 0.191 e. The van der Waals surface area contributed by atoms with Gasteiger partial charge in [-0.2, -0.15) is 0 Å². The number of aromatic nitrogens is 1. The lowest BCUT2D eigenvalue weighted by molar-refractivity contribution is 0.241. The summed E-state index contributed by atoms with van der Waals surface area (Å²) in [4.78, 5) is 8.83. The zero-order valence-electron chi connectivity index (χ0n) is 15.0. The second kappa shape index (κ2) is 8.51. The SMILES string of the molecule is CCNC(=NCC1Cc2ccccc2O1)NCCc1ccncc1C. The molecule has 1 aliphatic rings. The topological polar surface area (TPSA) is 58.5 Å². The van der Waals surface area contributed by atoms with Crippen molar-refractivity contribution in [2.24, 2.45) is 4.99 Å². The third kappa shape index (κ3) is 4.72. The molecule has 1 aliphatic heterocycles. The maximum absolute atomic E-state index is 5.96. The molecular weight excluding hydrogens is 312 g/mol. The van der Waals surface area contributed by atoms with Crippen LogP contribution in [0.15, 0.2) is 47.7 Å². The van der Waals surface area contributed by atoms with Gasteiger partial charge >= 0.3 is 0 Å². The monoisotopic (exact) mass is 338 g/mol.